The van der Waals surface area contributed by atoms with E-state index in [0.717, 1.165) is 6.92 Å². The van der Waals surface area contributed by atoms with Crippen LogP contribution in [0.2, 0.25) is 0 Å². The number of fused-ring (bicyclic) bond motifs is 1. The molecule has 0 bridgehead atoms. The molecule has 142 valence electrons. The lowest BCUT2D eigenvalue weighted by Crippen LogP contribution is -2.51. The number of aliphatic hydroxyl groups excluding tert-OH is 1. The van der Waals surface area contributed by atoms with Gasteiger partial charge in [0.15, 0.2) is 0 Å². The lowest BCUT2D eigenvalue weighted by atomic mass is 9.99. The number of hydrogen-bond donors (Lipinski definition) is 3. The highest BCUT2D eigenvalue weighted by Gasteiger charge is 2.32. The molecule has 26 heavy (non-hydrogen) atoms. The van der Waals surface area contributed by atoms with Crippen molar-refractivity contribution < 1.29 is 44.2 Å². The van der Waals surface area contributed by atoms with Crippen LogP contribution in [0.25, 0.3) is 0 Å². The van der Waals surface area contributed by atoms with E-state index < -0.39 is 116 Å². The molecule has 7 nitrogen and oxygen atoms in total. The van der Waals surface area contributed by atoms with Crippen molar-refractivity contribution in [1.82, 2.24) is 15.5 Å². The Morgan fingerprint density at radius 1 is 1.42 bits per heavy atom. The number of rotatable bonds is 5. The smallest absolute Gasteiger partial charge is 0.249 e. The maximum Gasteiger partial charge on any atom is 0.249 e. The zero-order valence-electron chi connectivity index (χ0n) is 31.4. The Kier molecular flexibility index (Phi) is 2.12. The molecule has 7 heteroatoms. The number of carbonyl (C=O) groups is 3. The van der Waals surface area contributed by atoms with Crippen molar-refractivity contribution in [1.29, 1.82) is 0 Å². The van der Waals surface area contributed by atoms with E-state index in [2.05, 4.69) is 0 Å². The van der Waals surface area contributed by atoms with Crippen molar-refractivity contribution >= 4 is 17.7 Å². The van der Waals surface area contributed by atoms with E-state index >= 15 is 0 Å². The van der Waals surface area contributed by atoms with Crippen LogP contribution in [0.15, 0.2) is 24.2 Å². The first-order valence-electron chi connectivity index (χ1n) is 16.1. The van der Waals surface area contributed by atoms with Crippen LogP contribution in [0.5, 0.6) is 0 Å². The third-order valence-electron chi connectivity index (χ3n) is 3.33. The van der Waals surface area contributed by atoms with Crippen LogP contribution >= 0.6 is 0 Å². The highest BCUT2D eigenvalue weighted by Crippen LogP contribution is 2.24. The molecule has 0 unspecified atom stereocenters. The van der Waals surface area contributed by atoms with Crippen LogP contribution in [0.1, 0.15) is 62.5 Å². The maximum absolute atomic E-state index is 13.6. The van der Waals surface area contributed by atoms with Crippen LogP contribution in [-0.2, 0) is 20.8 Å². The topological polar surface area (TPSA) is 98.7 Å². The first kappa shape index (κ1) is 6.64. The third-order valence-corrected chi connectivity index (χ3v) is 3.33. The van der Waals surface area contributed by atoms with Crippen molar-refractivity contribution in [3.63, 3.8) is 0 Å². The number of nitrogens with one attached hydrogen (secondary N) is 2. The second kappa shape index (κ2) is 8.31. The summed E-state index contributed by atoms with van der Waals surface area (Å²) in [6.07, 6.45) is -6.72. The Balaban J connectivity index is 2.68. The number of aliphatic hydroxyl groups is 1. The minimum atomic E-state index is -3.81. The van der Waals surface area contributed by atoms with E-state index in [9.17, 15) is 19.5 Å². The van der Waals surface area contributed by atoms with Crippen molar-refractivity contribution in [3.05, 3.63) is 35.3 Å². The van der Waals surface area contributed by atoms with Crippen LogP contribution < -0.4 is 10.6 Å². The van der Waals surface area contributed by atoms with Gasteiger partial charge in [-0.05, 0) is 30.3 Å². The van der Waals surface area contributed by atoms with E-state index in [-0.39, 0.29) is 0 Å². The van der Waals surface area contributed by atoms with Gasteiger partial charge in [0, 0.05) is 32.7 Å². The van der Waals surface area contributed by atoms with Crippen molar-refractivity contribution in [2.45, 2.75) is 45.2 Å². The summed E-state index contributed by atoms with van der Waals surface area (Å²) < 4.78 is 141. The third kappa shape index (κ3) is 4.40. The maximum atomic E-state index is 13.6. The Morgan fingerprint density at radius 2 is 2.15 bits per heavy atom. The van der Waals surface area contributed by atoms with E-state index in [1.165, 1.54) is 0 Å². The number of carbonyl (C=O) groups excluding carboxylic acids is 3. The molecule has 3 atom stereocenters. The van der Waals surface area contributed by atoms with Gasteiger partial charge in [0.2, 0.25) is 17.7 Å². The first-order chi connectivity index (χ1) is 19.4. The summed E-state index contributed by atoms with van der Waals surface area (Å²) in [6, 6.07) is -8.96. The molecule has 0 fully saturated rings. The molecule has 0 aliphatic carbocycles. The molecule has 3 N–H and O–H groups in total. The standard InChI is InChI=1S/C19H27N3O4/c1-11(2)16(23)18(25)20-12(3)17(24)21-15-14-8-6-5-7-13(14)9-10-22(4)19(15)26/h5-8,11-12,15-16,23H,9-10H2,1-4H3,(H,20,25)(H,21,24)/t12-,15-,16-/m0/s1/i1D3,2D3,4D3,5D,6D,7D,8D,9D2,10D2,11D. The van der Waals surface area contributed by atoms with Crippen molar-refractivity contribution in [3.8, 4) is 0 Å². The molecule has 1 aromatic carbocycles. The highest BCUT2D eigenvalue weighted by molar-refractivity contribution is 5.93. The zero-order chi connectivity index (χ0) is 34.9. The molecule has 1 aliphatic heterocycles. The molecule has 1 aromatic rings. The average molecular weight is 380 g/mol. The molecule has 1 aliphatic rings. The molecule has 3 amide bonds. The average Bonchev–Trinajstić information content (AvgIpc) is 2.88. The predicted molar refractivity (Wildman–Crippen MR) is 97.1 cm³/mol. The molecule has 0 aromatic heterocycles. The molecule has 0 radical (unpaired) electrons. The summed E-state index contributed by atoms with van der Waals surface area (Å²) >= 11 is 0. The quantitative estimate of drug-likeness (QED) is 0.689. The van der Waals surface area contributed by atoms with E-state index in [1.807, 2.05) is 5.32 Å². The van der Waals surface area contributed by atoms with E-state index in [0.29, 0.717) is 0 Å². The van der Waals surface area contributed by atoms with Gasteiger partial charge in [-0.25, -0.2) is 0 Å². The molecule has 1 heterocycles. The summed E-state index contributed by atoms with van der Waals surface area (Å²) in [4.78, 5) is 38.8. The Hall–Kier alpha value is -2.41. The summed E-state index contributed by atoms with van der Waals surface area (Å²) in [6.45, 7) is -14.2. The number of hydrogen-bond acceptors (Lipinski definition) is 4. The SMILES string of the molecule is [2H]c1c([2H])c([2H])c2c(c1[2H])[C@H](NC(=O)[C@H](C)NC(=O)[C@@H](O)C([2H])(C([2H])([2H])[2H])C([2H])([2H])[2H])C(=O)N(C([2H])([2H])[2H])C([2H])([2H])C2([2H])[2H]. The van der Waals surface area contributed by atoms with E-state index in [1.54, 1.807) is 5.32 Å². The second-order valence-electron chi connectivity index (χ2n) is 5.19. The first-order valence-corrected chi connectivity index (χ1v) is 7.14. The van der Waals surface area contributed by atoms with Crippen molar-refractivity contribution in [2.75, 3.05) is 13.5 Å². The lowest BCUT2D eigenvalue weighted by Gasteiger charge is -2.24. The minimum absolute atomic E-state index is 0.550. The molecule has 0 spiro atoms. The van der Waals surface area contributed by atoms with Gasteiger partial charge in [-0.15, -0.1) is 0 Å². The predicted octanol–water partition coefficient (Wildman–Crippen LogP) is 0.380. The number of likely N-dealkylation sites (N-methyl/N-ethyl adjacent to an activating group) is 1. The molecule has 0 saturated carbocycles. The van der Waals surface area contributed by atoms with E-state index in [4.69, 9.17) is 24.7 Å². The van der Waals surface area contributed by atoms with Gasteiger partial charge < -0.3 is 20.6 Å². The fraction of sp³-hybridized carbons (Fsp3) is 0.526. The zero-order valence-corrected chi connectivity index (χ0v) is 13.4. The molecular weight excluding hydrogens is 334 g/mol. The number of amides is 3. The fourth-order valence-electron chi connectivity index (χ4n) is 1.95. The number of nitrogens with zero attached hydrogens (tertiary/aromatic N) is 1. The second-order valence-corrected chi connectivity index (χ2v) is 5.19. The summed E-state index contributed by atoms with van der Waals surface area (Å²) in [5.74, 6) is -9.02. The molecular formula is C19H27N3O4. The van der Waals surface area contributed by atoms with Gasteiger partial charge in [0.25, 0.3) is 0 Å². The summed E-state index contributed by atoms with van der Waals surface area (Å²) in [5.41, 5.74) is -2.23. The normalized spacial score (nSPS) is 35.2. The van der Waals surface area contributed by atoms with Crippen LogP contribution in [0.3, 0.4) is 0 Å². The monoisotopic (exact) mass is 379 g/mol. The van der Waals surface area contributed by atoms with Crippen molar-refractivity contribution in [2.24, 2.45) is 5.89 Å². The molecule has 0 saturated heterocycles. The van der Waals surface area contributed by atoms with Crippen LogP contribution in [-0.4, -0.2) is 53.3 Å². The van der Waals surface area contributed by atoms with Gasteiger partial charge in [0.05, 0.1) is 5.48 Å². The van der Waals surface area contributed by atoms with Gasteiger partial charge in [-0.3, -0.25) is 14.4 Å². The Bertz CT molecular complexity index is 1340. The van der Waals surface area contributed by atoms with Crippen LogP contribution in [0, 0.1) is 5.89 Å². The van der Waals surface area contributed by atoms with Gasteiger partial charge in [0.1, 0.15) is 18.2 Å². The minimum Gasteiger partial charge on any atom is -0.383 e. The summed E-state index contributed by atoms with van der Waals surface area (Å²) in [7, 11) is 0. The largest absolute Gasteiger partial charge is 0.383 e. The summed E-state index contributed by atoms with van der Waals surface area (Å²) in [5, 5.41) is 13.9. The highest BCUT2D eigenvalue weighted by atomic mass is 16.3. The fourth-order valence-corrected chi connectivity index (χ4v) is 1.95. The van der Waals surface area contributed by atoms with Gasteiger partial charge in [-0.1, -0.05) is 37.9 Å². The number of benzene rings is 1. The lowest BCUT2D eigenvalue weighted by molar-refractivity contribution is -0.137. The molecule has 2 rings (SSSR count). The Labute approximate surface area is 179 Å². The van der Waals surface area contributed by atoms with Crippen LogP contribution in [0.4, 0.5) is 0 Å². The Morgan fingerprint density at radius 3 is 2.85 bits per heavy atom. The van der Waals surface area contributed by atoms with Gasteiger partial charge >= 0.3 is 0 Å². The van der Waals surface area contributed by atoms with Gasteiger partial charge in [-0.2, -0.15) is 0 Å².